The number of carbonyl (C=O) groups excluding carboxylic acids is 1. The Balaban J connectivity index is 1.52. The summed E-state index contributed by atoms with van der Waals surface area (Å²) in [5.41, 5.74) is 2.13. The molecule has 0 bridgehead atoms. The number of hydrogen-bond acceptors (Lipinski definition) is 5. The third-order valence-corrected chi connectivity index (χ3v) is 4.79. The number of carbonyl (C=O) groups is 1. The van der Waals surface area contributed by atoms with Crippen molar-refractivity contribution in [1.29, 1.82) is 0 Å². The third-order valence-electron chi connectivity index (χ3n) is 4.79. The summed E-state index contributed by atoms with van der Waals surface area (Å²) in [6.07, 6.45) is 8.51. The standard InChI is InChI=1S/C20H22N6O/c1-15-7-3-4-8-16(15)24-20(27)17-12-26(14-23-17)19-11-18(21-13-22-19)25-9-5-2-6-10-25/h3-4,7-8,11-14H,2,5-6,9-10H2,1H3,(H,24,27). The van der Waals surface area contributed by atoms with E-state index in [1.807, 2.05) is 37.3 Å². The van der Waals surface area contributed by atoms with Gasteiger partial charge in [0.2, 0.25) is 0 Å². The molecule has 1 aliphatic rings. The Morgan fingerprint density at radius 2 is 1.81 bits per heavy atom. The van der Waals surface area contributed by atoms with Crippen LogP contribution in [0.4, 0.5) is 11.5 Å². The maximum Gasteiger partial charge on any atom is 0.275 e. The van der Waals surface area contributed by atoms with E-state index in [2.05, 4.69) is 25.2 Å². The number of nitrogens with zero attached hydrogens (tertiary/aromatic N) is 5. The van der Waals surface area contributed by atoms with Crippen LogP contribution in [0, 0.1) is 6.92 Å². The molecule has 0 radical (unpaired) electrons. The fraction of sp³-hybridized carbons (Fsp3) is 0.300. The molecule has 2 aromatic heterocycles. The van der Waals surface area contributed by atoms with Crippen molar-refractivity contribution in [3.63, 3.8) is 0 Å². The first kappa shape index (κ1) is 17.2. The molecule has 3 heterocycles. The molecule has 4 rings (SSSR count). The van der Waals surface area contributed by atoms with Gasteiger partial charge in [-0.2, -0.15) is 0 Å². The first-order chi connectivity index (χ1) is 13.2. The van der Waals surface area contributed by atoms with E-state index in [1.165, 1.54) is 19.3 Å². The van der Waals surface area contributed by atoms with E-state index >= 15 is 0 Å². The Kier molecular flexibility index (Phi) is 4.82. The highest BCUT2D eigenvalue weighted by Crippen LogP contribution is 2.19. The van der Waals surface area contributed by atoms with Crippen molar-refractivity contribution in [3.8, 4) is 5.82 Å². The predicted octanol–water partition coefficient (Wildman–Crippen LogP) is 3.21. The van der Waals surface area contributed by atoms with E-state index in [4.69, 9.17) is 0 Å². The van der Waals surface area contributed by atoms with Gasteiger partial charge in [-0.15, -0.1) is 0 Å². The topological polar surface area (TPSA) is 75.9 Å². The molecule has 7 heteroatoms. The number of amides is 1. The number of aryl methyl sites for hydroxylation is 1. The van der Waals surface area contributed by atoms with Gasteiger partial charge in [0, 0.05) is 31.0 Å². The third kappa shape index (κ3) is 3.81. The van der Waals surface area contributed by atoms with Crippen molar-refractivity contribution in [1.82, 2.24) is 19.5 Å². The summed E-state index contributed by atoms with van der Waals surface area (Å²) in [5.74, 6) is 1.38. The first-order valence-corrected chi connectivity index (χ1v) is 9.19. The number of piperidine rings is 1. The van der Waals surface area contributed by atoms with E-state index in [0.29, 0.717) is 11.5 Å². The van der Waals surface area contributed by atoms with Crippen molar-refractivity contribution >= 4 is 17.4 Å². The van der Waals surface area contributed by atoms with Crippen molar-refractivity contribution in [3.05, 3.63) is 60.4 Å². The summed E-state index contributed by atoms with van der Waals surface area (Å²) >= 11 is 0. The molecule has 7 nitrogen and oxygen atoms in total. The minimum Gasteiger partial charge on any atom is -0.356 e. The highest BCUT2D eigenvalue weighted by molar-refractivity contribution is 6.03. The van der Waals surface area contributed by atoms with Gasteiger partial charge in [-0.1, -0.05) is 18.2 Å². The number of rotatable bonds is 4. The van der Waals surface area contributed by atoms with Crippen molar-refractivity contribution in [2.24, 2.45) is 0 Å². The van der Waals surface area contributed by atoms with Crippen molar-refractivity contribution in [2.45, 2.75) is 26.2 Å². The Labute approximate surface area is 158 Å². The first-order valence-electron chi connectivity index (χ1n) is 9.19. The molecule has 0 unspecified atom stereocenters. The Bertz CT molecular complexity index is 945. The van der Waals surface area contributed by atoms with Crippen LogP contribution in [0.25, 0.3) is 5.82 Å². The molecule has 3 aromatic rings. The van der Waals surface area contributed by atoms with Crippen molar-refractivity contribution < 1.29 is 4.79 Å². The summed E-state index contributed by atoms with van der Waals surface area (Å²) < 4.78 is 1.75. The molecule has 1 saturated heterocycles. The van der Waals surface area contributed by atoms with E-state index < -0.39 is 0 Å². The normalized spacial score (nSPS) is 14.2. The van der Waals surface area contributed by atoms with Crippen LogP contribution in [-0.4, -0.2) is 38.5 Å². The quantitative estimate of drug-likeness (QED) is 0.771. The zero-order valence-corrected chi connectivity index (χ0v) is 15.3. The summed E-state index contributed by atoms with van der Waals surface area (Å²) in [6.45, 7) is 3.99. The number of aromatic nitrogens is 4. The largest absolute Gasteiger partial charge is 0.356 e. The van der Waals surface area contributed by atoms with Crippen LogP contribution in [-0.2, 0) is 0 Å². The molecule has 1 N–H and O–H groups in total. The minimum absolute atomic E-state index is 0.242. The van der Waals surface area contributed by atoms with Crippen LogP contribution >= 0.6 is 0 Å². The lowest BCUT2D eigenvalue weighted by atomic mass is 10.1. The van der Waals surface area contributed by atoms with Gasteiger partial charge in [0.1, 0.15) is 30.0 Å². The van der Waals surface area contributed by atoms with Crippen LogP contribution in [0.2, 0.25) is 0 Å². The van der Waals surface area contributed by atoms with Gasteiger partial charge in [-0.05, 0) is 37.8 Å². The predicted molar refractivity (Wildman–Crippen MR) is 104 cm³/mol. The monoisotopic (exact) mass is 362 g/mol. The Morgan fingerprint density at radius 1 is 1.04 bits per heavy atom. The van der Waals surface area contributed by atoms with Crippen LogP contribution in [0.15, 0.2) is 49.2 Å². The number of nitrogens with one attached hydrogen (secondary N) is 1. The highest BCUT2D eigenvalue weighted by atomic mass is 16.1. The second-order valence-corrected chi connectivity index (χ2v) is 6.72. The highest BCUT2D eigenvalue weighted by Gasteiger charge is 2.15. The molecule has 0 saturated carbocycles. The van der Waals surface area contributed by atoms with Gasteiger partial charge in [-0.3, -0.25) is 9.36 Å². The smallest absolute Gasteiger partial charge is 0.275 e. The lowest BCUT2D eigenvalue weighted by molar-refractivity contribution is 0.102. The van der Waals surface area contributed by atoms with Crippen LogP contribution in [0.5, 0.6) is 0 Å². The molecule has 27 heavy (non-hydrogen) atoms. The molecule has 0 atom stereocenters. The SMILES string of the molecule is Cc1ccccc1NC(=O)c1cn(-c2cc(N3CCCCC3)ncn2)cn1. The van der Waals surface area contributed by atoms with Gasteiger partial charge >= 0.3 is 0 Å². The second kappa shape index (κ2) is 7.57. The van der Waals surface area contributed by atoms with Gasteiger partial charge in [0.25, 0.3) is 5.91 Å². The molecule has 138 valence electrons. The van der Waals surface area contributed by atoms with Gasteiger partial charge in [-0.25, -0.2) is 15.0 Å². The van der Waals surface area contributed by atoms with Gasteiger partial charge in [0.15, 0.2) is 0 Å². The van der Waals surface area contributed by atoms with Crippen LogP contribution in [0.1, 0.15) is 35.3 Å². The fourth-order valence-corrected chi connectivity index (χ4v) is 3.24. The zero-order valence-electron chi connectivity index (χ0n) is 15.3. The van der Waals surface area contributed by atoms with E-state index in [9.17, 15) is 4.79 Å². The lowest BCUT2D eigenvalue weighted by Crippen LogP contribution is -2.30. The molecule has 1 amide bonds. The summed E-state index contributed by atoms with van der Waals surface area (Å²) in [4.78, 5) is 27.7. The molecule has 0 aliphatic carbocycles. The molecule has 0 spiro atoms. The molecular weight excluding hydrogens is 340 g/mol. The van der Waals surface area contributed by atoms with Crippen LogP contribution < -0.4 is 10.2 Å². The average Bonchev–Trinajstić information content (AvgIpc) is 3.21. The van der Waals surface area contributed by atoms with Gasteiger partial charge < -0.3 is 10.2 Å². The molecular formula is C20H22N6O. The van der Waals surface area contributed by atoms with E-state index in [1.54, 1.807) is 23.4 Å². The summed E-state index contributed by atoms with van der Waals surface area (Å²) in [7, 11) is 0. The average molecular weight is 362 g/mol. The summed E-state index contributed by atoms with van der Waals surface area (Å²) in [5, 5.41) is 2.90. The van der Waals surface area contributed by atoms with E-state index in [0.717, 1.165) is 30.2 Å². The number of anilines is 2. The zero-order chi connectivity index (χ0) is 18.6. The molecule has 1 aliphatic heterocycles. The number of para-hydroxylation sites is 1. The Hall–Kier alpha value is -3.22. The number of benzene rings is 1. The van der Waals surface area contributed by atoms with E-state index in [-0.39, 0.29) is 5.91 Å². The number of hydrogen-bond donors (Lipinski definition) is 1. The lowest BCUT2D eigenvalue weighted by Gasteiger charge is -2.27. The van der Waals surface area contributed by atoms with Gasteiger partial charge in [0.05, 0.1) is 0 Å². The minimum atomic E-state index is -0.242. The van der Waals surface area contributed by atoms with Crippen molar-refractivity contribution in [2.75, 3.05) is 23.3 Å². The number of imidazole rings is 1. The fourth-order valence-electron chi connectivity index (χ4n) is 3.24. The maximum absolute atomic E-state index is 12.5. The molecule has 1 aromatic carbocycles. The molecule has 1 fully saturated rings. The van der Waals surface area contributed by atoms with Crippen LogP contribution in [0.3, 0.4) is 0 Å². The second-order valence-electron chi connectivity index (χ2n) is 6.72. The Morgan fingerprint density at radius 3 is 2.63 bits per heavy atom. The maximum atomic E-state index is 12.5. The summed E-state index contributed by atoms with van der Waals surface area (Å²) in [6, 6.07) is 9.60.